The molecule has 0 aliphatic heterocycles. The Labute approximate surface area is 120 Å². The average molecular weight is 265 g/mol. The van der Waals surface area contributed by atoms with Crippen LogP contribution in [0.5, 0.6) is 0 Å². The minimum Gasteiger partial charge on any atom is -0.362 e. The van der Waals surface area contributed by atoms with Gasteiger partial charge >= 0.3 is 0 Å². The van der Waals surface area contributed by atoms with Crippen LogP contribution in [-0.4, -0.2) is 5.78 Å². The molecule has 0 radical (unpaired) electrons. The Bertz CT molecular complexity index is 639. The molecule has 2 aromatic carbocycles. The number of aryl methyl sites for hydroxylation is 3. The van der Waals surface area contributed by atoms with Gasteiger partial charge in [-0.05, 0) is 44.5 Å². The van der Waals surface area contributed by atoms with E-state index in [4.69, 9.17) is 0 Å². The third kappa shape index (κ3) is 3.58. The highest BCUT2D eigenvalue weighted by Gasteiger charge is 2.05. The molecule has 0 saturated carbocycles. The quantitative estimate of drug-likeness (QED) is 0.655. The van der Waals surface area contributed by atoms with E-state index in [1.807, 2.05) is 63.2 Å². The van der Waals surface area contributed by atoms with Crippen LogP contribution in [0.2, 0.25) is 0 Å². The molecular weight excluding hydrogens is 246 g/mol. The van der Waals surface area contributed by atoms with Crippen molar-refractivity contribution in [1.82, 2.24) is 0 Å². The monoisotopic (exact) mass is 265 g/mol. The lowest BCUT2D eigenvalue weighted by Crippen LogP contribution is -1.99. The van der Waals surface area contributed by atoms with Gasteiger partial charge in [-0.25, -0.2) is 0 Å². The van der Waals surface area contributed by atoms with Crippen LogP contribution in [0.4, 0.5) is 5.69 Å². The molecule has 20 heavy (non-hydrogen) atoms. The normalized spacial score (nSPS) is 10.8. The van der Waals surface area contributed by atoms with Gasteiger partial charge in [0.05, 0.1) is 0 Å². The summed E-state index contributed by atoms with van der Waals surface area (Å²) in [5.74, 6) is 0.0193. The van der Waals surface area contributed by atoms with Crippen molar-refractivity contribution >= 4 is 11.5 Å². The van der Waals surface area contributed by atoms with Gasteiger partial charge in [-0.15, -0.1) is 0 Å². The van der Waals surface area contributed by atoms with Crippen LogP contribution in [0.25, 0.3) is 0 Å². The van der Waals surface area contributed by atoms with Crippen LogP contribution in [0, 0.1) is 20.8 Å². The van der Waals surface area contributed by atoms with Crippen molar-refractivity contribution in [2.24, 2.45) is 0 Å². The predicted octanol–water partition coefficient (Wildman–Crippen LogP) is 4.42. The summed E-state index contributed by atoms with van der Waals surface area (Å²) < 4.78 is 0. The van der Waals surface area contributed by atoms with E-state index in [0.717, 1.165) is 22.4 Å². The number of hydrogen-bond acceptors (Lipinski definition) is 2. The second-order valence-corrected chi connectivity index (χ2v) is 5.03. The van der Waals surface area contributed by atoms with E-state index in [1.54, 1.807) is 12.3 Å². The van der Waals surface area contributed by atoms with Crippen molar-refractivity contribution < 1.29 is 4.79 Å². The smallest absolute Gasteiger partial charge is 0.187 e. The fourth-order valence-electron chi connectivity index (χ4n) is 1.95. The lowest BCUT2D eigenvalue weighted by molar-refractivity contribution is 0.104. The molecular formula is C18H19NO. The van der Waals surface area contributed by atoms with Gasteiger partial charge < -0.3 is 5.32 Å². The number of benzene rings is 2. The highest BCUT2D eigenvalue weighted by atomic mass is 16.1. The summed E-state index contributed by atoms with van der Waals surface area (Å²) in [6.45, 7) is 5.99. The molecule has 0 aromatic heterocycles. The van der Waals surface area contributed by atoms with E-state index in [-0.39, 0.29) is 5.78 Å². The van der Waals surface area contributed by atoms with Crippen molar-refractivity contribution in [3.05, 3.63) is 77.0 Å². The van der Waals surface area contributed by atoms with Gasteiger partial charge in [-0.1, -0.05) is 35.4 Å². The first-order valence-electron chi connectivity index (χ1n) is 6.67. The Morgan fingerprint density at radius 1 is 0.950 bits per heavy atom. The number of allylic oxidation sites excluding steroid dienone is 1. The van der Waals surface area contributed by atoms with Crippen LogP contribution < -0.4 is 5.32 Å². The van der Waals surface area contributed by atoms with Crippen LogP contribution in [-0.2, 0) is 0 Å². The lowest BCUT2D eigenvalue weighted by Gasteiger charge is -2.04. The van der Waals surface area contributed by atoms with Crippen molar-refractivity contribution in [1.29, 1.82) is 0 Å². The minimum atomic E-state index is 0.0193. The van der Waals surface area contributed by atoms with E-state index in [2.05, 4.69) is 5.32 Å². The fraction of sp³-hybridized carbons (Fsp3) is 0.167. The molecule has 0 atom stereocenters. The van der Waals surface area contributed by atoms with Crippen LogP contribution in [0.1, 0.15) is 27.0 Å². The molecule has 2 nitrogen and oxygen atoms in total. The Balaban J connectivity index is 2.05. The molecule has 0 bridgehead atoms. The molecule has 0 aliphatic rings. The maximum absolute atomic E-state index is 12.1. The average Bonchev–Trinajstić information content (AvgIpc) is 2.43. The number of carbonyl (C=O) groups is 1. The van der Waals surface area contributed by atoms with Gasteiger partial charge in [-0.3, -0.25) is 4.79 Å². The Morgan fingerprint density at radius 3 is 2.30 bits per heavy atom. The standard InChI is InChI=1S/C18H19NO/c1-13-5-8-16(9-6-13)19-11-10-18(20)17-12-14(2)4-7-15(17)3/h4-12,19H,1-3H3/b11-10+. The van der Waals surface area contributed by atoms with E-state index >= 15 is 0 Å². The van der Waals surface area contributed by atoms with Gasteiger partial charge in [0.2, 0.25) is 0 Å². The molecule has 1 N–H and O–H groups in total. The first kappa shape index (κ1) is 14.1. The summed E-state index contributed by atoms with van der Waals surface area (Å²) >= 11 is 0. The van der Waals surface area contributed by atoms with Crippen LogP contribution >= 0.6 is 0 Å². The highest BCUT2D eigenvalue weighted by molar-refractivity contribution is 6.05. The van der Waals surface area contributed by atoms with E-state index in [0.29, 0.717) is 0 Å². The third-order valence-corrected chi connectivity index (χ3v) is 3.19. The molecule has 0 fully saturated rings. The largest absolute Gasteiger partial charge is 0.362 e. The molecule has 2 heteroatoms. The zero-order valence-electron chi connectivity index (χ0n) is 12.1. The zero-order valence-corrected chi connectivity index (χ0v) is 12.1. The predicted molar refractivity (Wildman–Crippen MR) is 84.2 cm³/mol. The van der Waals surface area contributed by atoms with E-state index in [9.17, 15) is 4.79 Å². The number of hydrogen-bond donors (Lipinski definition) is 1. The summed E-state index contributed by atoms with van der Waals surface area (Å²) in [5.41, 5.74) is 5.04. The Morgan fingerprint density at radius 2 is 1.60 bits per heavy atom. The molecule has 102 valence electrons. The SMILES string of the molecule is Cc1ccc(N/C=C/C(=O)c2cc(C)ccc2C)cc1. The van der Waals surface area contributed by atoms with Gasteiger partial charge in [-0.2, -0.15) is 0 Å². The molecule has 2 rings (SSSR count). The Kier molecular flexibility index (Phi) is 4.36. The van der Waals surface area contributed by atoms with E-state index < -0.39 is 0 Å². The highest BCUT2D eigenvalue weighted by Crippen LogP contribution is 2.12. The second kappa shape index (κ2) is 6.20. The van der Waals surface area contributed by atoms with Gasteiger partial charge in [0, 0.05) is 23.5 Å². The lowest BCUT2D eigenvalue weighted by atomic mass is 10.0. The molecule has 0 amide bonds. The number of anilines is 1. The maximum Gasteiger partial charge on any atom is 0.187 e. The molecule has 0 aliphatic carbocycles. The number of ketones is 1. The number of nitrogens with one attached hydrogen (secondary N) is 1. The summed E-state index contributed by atoms with van der Waals surface area (Å²) in [4.78, 5) is 12.1. The molecule has 0 spiro atoms. The second-order valence-electron chi connectivity index (χ2n) is 5.03. The van der Waals surface area contributed by atoms with Crippen molar-refractivity contribution in [3.8, 4) is 0 Å². The number of rotatable bonds is 4. The third-order valence-electron chi connectivity index (χ3n) is 3.19. The first-order chi connectivity index (χ1) is 9.56. The van der Waals surface area contributed by atoms with Gasteiger partial charge in [0.25, 0.3) is 0 Å². The molecule has 0 heterocycles. The van der Waals surface area contributed by atoms with Gasteiger partial charge in [0.15, 0.2) is 5.78 Å². The number of carbonyl (C=O) groups excluding carboxylic acids is 1. The summed E-state index contributed by atoms with van der Waals surface area (Å²) in [7, 11) is 0. The van der Waals surface area contributed by atoms with Gasteiger partial charge in [0.1, 0.15) is 0 Å². The summed E-state index contributed by atoms with van der Waals surface area (Å²) in [5, 5.41) is 3.11. The fourth-order valence-corrected chi connectivity index (χ4v) is 1.95. The molecule has 2 aromatic rings. The van der Waals surface area contributed by atoms with E-state index in [1.165, 1.54) is 5.56 Å². The van der Waals surface area contributed by atoms with Crippen molar-refractivity contribution in [3.63, 3.8) is 0 Å². The Hall–Kier alpha value is -2.35. The first-order valence-corrected chi connectivity index (χ1v) is 6.67. The molecule has 0 unspecified atom stereocenters. The van der Waals surface area contributed by atoms with Crippen molar-refractivity contribution in [2.75, 3.05) is 5.32 Å². The maximum atomic E-state index is 12.1. The molecule has 0 saturated heterocycles. The zero-order chi connectivity index (χ0) is 14.5. The summed E-state index contributed by atoms with van der Waals surface area (Å²) in [6, 6.07) is 14.0. The van der Waals surface area contributed by atoms with Crippen LogP contribution in [0.15, 0.2) is 54.7 Å². The minimum absolute atomic E-state index is 0.0193. The topological polar surface area (TPSA) is 29.1 Å². The summed E-state index contributed by atoms with van der Waals surface area (Å²) in [6.07, 6.45) is 3.26. The van der Waals surface area contributed by atoms with Crippen molar-refractivity contribution in [2.45, 2.75) is 20.8 Å². The van der Waals surface area contributed by atoms with Crippen LogP contribution in [0.3, 0.4) is 0 Å².